The van der Waals surface area contributed by atoms with Gasteiger partial charge in [0.2, 0.25) is 11.8 Å². The average molecular weight is 351 g/mol. The molecule has 0 spiro atoms. The fraction of sp³-hybridized carbons (Fsp3) is 0.895. The number of amides is 2. The van der Waals surface area contributed by atoms with Crippen LogP contribution in [-0.4, -0.2) is 72.6 Å². The fourth-order valence-corrected chi connectivity index (χ4v) is 4.34. The Morgan fingerprint density at radius 1 is 1.16 bits per heavy atom. The van der Waals surface area contributed by atoms with Crippen molar-refractivity contribution >= 4 is 11.8 Å². The maximum Gasteiger partial charge on any atom is 0.224 e. The monoisotopic (exact) mass is 351 g/mol. The van der Waals surface area contributed by atoms with Crippen molar-refractivity contribution in [3.8, 4) is 0 Å². The second-order valence-corrected chi connectivity index (χ2v) is 8.22. The number of hydrogen-bond donors (Lipinski definition) is 1. The Hall–Kier alpha value is -1.14. The number of rotatable bonds is 6. The van der Waals surface area contributed by atoms with Gasteiger partial charge < -0.3 is 15.0 Å². The third-order valence-corrected chi connectivity index (χ3v) is 5.75. The summed E-state index contributed by atoms with van der Waals surface area (Å²) >= 11 is 0. The van der Waals surface area contributed by atoms with E-state index in [0.717, 1.165) is 45.4 Å². The molecule has 2 saturated heterocycles. The topological polar surface area (TPSA) is 61.9 Å². The largest absolute Gasteiger partial charge is 0.373 e. The Labute approximate surface area is 151 Å². The van der Waals surface area contributed by atoms with Crippen molar-refractivity contribution in [3.63, 3.8) is 0 Å². The lowest BCUT2D eigenvalue weighted by Gasteiger charge is -2.38. The molecule has 0 radical (unpaired) electrons. The molecule has 0 aromatic carbocycles. The third kappa shape index (κ3) is 4.94. The predicted molar refractivity (Wildman–Crippen MR) is 96.1 cm³/mol. The molecule has 3 rings (SSSR count). The van der Waals surface area contributed by atoms with Gasteiger partial charge in [-0.3, -0.25) is 14.5 Å². The fourth-order valence-electron chi connectivity index (χ4n) is 4.34. The number of morpholine rings is 1. The molecule has 3 fully saturated rings. The van der Waals surface area contributed by atoms with Crippen molar-refractivity contribution in [3.05, 3.63) is 0 Å². The van der Waals surface area contributed by atoms with Gasteiger partial charge in [-0.15, -0.1) is 0 Å². The minimum absolute atomic E-state index is 0.120. The summed E-state index contributed by atoms with van der Waals surface area (Å²) < 4.78 is 5.80. The zero-order chi connectivity index (χ0) is 18.0. The lowest BCUT2D eigenvalue weighted by Crippen LogP contribution is -2.51. The van der Waals surface area contributed by atoms with Crippen LogP contribution in [0.1, 0.15) is 46.5 Å². The van der Waals surface area contributed by atoms with Crippen LogP contribution in [0.2, 0.25) is 0 Å². The van der Waals surface area contributed by atoms with E-state index in [9.17, 15) is 9.59 Å². The lowest BCUT2D eigenvalue weighted by atomic mass is 10.1. The highest BCUT2D eigenvalue weighted by Gasteiger charge is 2.39. The molecule has 25 heavy (non-hydrogen) atoms. The SMILES string of the molecule is CC1CN(CC2CCCN2C(=O)CCNC(=O)C2CC2C)CC(C)O1. The Kier molecular flexibility index (Phi) is 6.00. The van der Waals surface area contributed by atoms with Crippen LogP contribution < -0.4 is 5.32 Å². The van der Waals surface area contributed by atoms with Crippen molar-refractivity contribution < 1.29 is 14.3 Å². The molecule has 1 aliphatic carbocycles. The van der Waals surface area contributed by atoms with Gasteiger partial charge in [-0.2, -0.15) is 0 Å². The van der Waals surface area contributed by atoms with Gasteiger partial charge in [0.05, 0.1) is 12.2 Å². The summed E-state index contributed by atoms with van der Waals surface area (Å²) in [6, 6.07) is 0.309. The Morgan fingerprint density at radius 2 is 1.84 bits per heavy atom. The quantitative estimate of drug-likeness (QED) is 0.782. The van der Waals surface area contributed by atoms with E-state index >= 15 is 0 Å². The van der Waals surface area contributed by atoms with Crippen molar-refractivity contribution in [1.29, 1.82) is 0 Å². The molecule has 5 atom stereocenters. The van der Waals surface area contributed by atoms with E-state index in [-0.39, 0.29) is 29.9 Å². The molecule has 6 heteroatoms. The van der Waals surface area contributed by atoms with E-state index in [4.69, 9.17) is 4.74 Å². The number of hydrogen-bond acceptors (Lipinski definition) is 4. The molecule has 0 aromatic rings. The highest BCUT2D eigenvalue weighted by Crippen LogP contribution is 2.37. The number of carbonyl (C=O) groups is 2. The molecule has 3 aliphatic rings. The summed E-state index contributed by atoms with van der Waals surface area (Å²) in [6.45, 7) is 10.5. The zero-order valence-electron chi connectivity index (χ0n) is 15.9. The molecule has 1 saturated carbocycles. The van der Waals surface area contributed by atoms with Gasteiger partial charge in [0.25, 0.3) is 0 Å². The van der Waals surface area contributed by atoms with E-state index in [2.05, 4.69) is 31.0 Å². The summed E-state index contributed by atoms with van der Waals surface area (Å²) in [4.78, 5) is 28.9. The number of carbonyl (C=O) groups excluding carboxylic acids is 2. The summed E-state index contributed by atoms with van der Waals surface area (Å²) in [7, 11) is 0. The Bertz CT molecular complexity index is 488. The van der Waals surface area contributed by atoms with Gasteiger partial charge >= 0.3 is 0 Å². The van der Waals surface area contributed by atoms with Gasteiger partial charge in [0.15, 0.2) is 0 Å². The van der Waals surface area contributed by atoms with Crippen LogP contribution in [0.25, 0.3) is 0 Å². The maximum absolute atomic E-state index is 12.6. The summed E-state index contributed by atoms with van der Waals surface area (Å²) in [5.41, 5.74) is 0. The molecular formula is C19H33N3O3. The van der Waals surface area contributed by atoms with Gasteiger partial charge in [0, 0.05) is 51.1 Å². The highest BCUT2D eigenvalue weighted by atomic mass is 16.5. The minimum Gasteiger partial charge on any atom is -0.373 e. The minimum atomic E-state index is 0.120. The van der Waals surface area contributed by atoms with Crippen LogP contribution in [0.4, 0.5) is 0 Å². The van der Waals surface area contributed by atoms with Crippen LogP contribution in [0, 0.1) is 11.8 Å². The molecule has 1 N–H and O–H groups in total. The summed E-state index contributed by atoms with van der Waals surface area (Å²) in [5.74, 6) is 0.993. The molecule has 2 aliphatic heterocycles. The predicted octanol–water partition coefficient (Wildman–Crippen LogP) is 1.25. The van der Waals surface area contributed by atoms with Gasteiger partial charge in [-0.1, -0.05) is 6.92 Å². The summed E-state index contributed by atoms with van der Waals surface area (Å²) in [5, 5.41) is 2.92. The van der Waals surface area contributed by atoms with Crippen LogP contribution in [0.3, 0.4) is 0 Å². The first-order chi connectivity index (χ1) is 11.9. The Balaban J connectivity index is 1.42. The van der Waals surface area contributed by atoms with Crippen molar-refractivity contribution in [2.75, 3.05) is 32.7 Å². The molecule has 142 valence electrons. The first kappa shape index (κ1) is 18.6. The number of likely N-dealkylation sites (tertiary alicyclic amines) is 1. The molecule has 2 amide bonds. The number of nitrogens with zero attached hydrogens (tertiary/aromatic N) is 2. The van der Waals surface area contributed by atoms with E-state index in [0.29, 0.717) is 24.9 Å². The van der Waals surface area contributed by atoms with Crippen LogP contribution in [0.15, 0.2) is 0 Å². The van der Waals surface area contributed by atoms with Crippen LogP contribution in [-0.2, 0) is 14.3 Å². The standard InChI is InChI=1S/C19H33N3O3/c1-13-9-17(13)19(24)20-7-6-18(23)22-8-4-5-16(22)12-21-10-14(2)25-15(3)11-21/h13-17H,4-12H2,1-3H3,(H,20,24). The second-order valence-electron chi connectivity index (χ2n) is 8.22. The highest BCUT2D eigenvalue weighted by molar-refractivity contribution is 5.82. The van der Waals surface area contributed by atoms with Crippen molar-refractivity contribution in [1.82, 2.24) is 15.1 Å². The Morgan fingerprint density at radius 3 is 2.48 bits per heavy atom. The molecule has 2 heterocycles. The van der Waals surface area contributed by atoms with Crippen LogP contribution in [0.5, 0.6) is 0 Å². The average Bonchev–Trinajstić information content (AvgIpc) is 3.09. The van der Waals surface area contributed by atoms with E-state index in [1.165, 1.54) is 0 Å². The van der Waals surface area contributed by atoms with Gasteiger partial charge in [0.1, 0.15) is 0 Å². The normalized spacial score (nSPS) is 35.6. The number of nitrogens with one attached hydrogen (secondary N) is 1. The molecular weight excluding hydrogens is 318 g/mol. The molecule has 6 nitrogen and oxygen atoms in total. The summed E-state index contributed by atoms with van der Waals surface area (Å²) in [6.07, 6.45) is 4.09. The second kappa shape index (κ2) is 8.04. The van der Waals surface area contributed by atoms with Crippen molar-refractivity contribution in [2.45, 2.75) is 64.7 Å². The first-order valence-electron chi connectivity index (χ1n) is 9.89. The van der Waals surface area contributed by atoms with Crippen LogP contribution >= 0.6 is 0 Å². The third-order valence-electron chi connectivity index (χ3n) is 5.75. The smallest absolute Gasteiger partial charge is 0.224 e. The van der Waals surface area contributed by atoms with Gasteiger partial charge in [-0.25, -0.2) is 0 Å². The van der Waals surface area contributed by atoms with E-state index < -0.39 is 0 Å². The number of ether oxygens (including phenoxy) is 1. The van der Waals surface area contributed by atoms with Crippen molar-refractivity contribution in [2.24, 2.45) is 11.8 Å². The van der Waals surface area contributed by atoms with E-state index in [1.807, 2.05) is 4.90 Å². The maximum atomic E-state index is 12.6. The van der Waals surface area contributed by atoms with Gasteiger partial charge in [-0.05, 0) is 39.0 Å². The van der Waals surface area contributed by atoms with E-state index in [1.54, 1.807) is 0 Å². The first-order valence-corrected chi connectivity index (χ1v) is 9.89. The molecule has 0 aromatic heterocycles. The molecule has 5 unspecified atom stereocenters. The lowest BCUT2D eigenvalue weighted by molar-refractivity contribution is -0.133. The molecule has 0 bridgehead atoms. The zero-order valence-corrected chi connectivity index (χ0v) is 15.9.